The zero-order valence-electron chi connectivity index (χ0n) is 9.54. The summed E-state index contributed by atoms with van der Waals surface area (Å²) in [6.45, 7) is 2.40. The molecule has 0 spiro atoms. The fraction of sp³-hybridized carbons (Fsp3) is 1.00. The van der Waals surface area contributed by atoms with Crippen molar-refractivity contribution in [2.45, 2.75) is 51.6 Å². The molecule has 0 saturated heterocycles. The molecule has 14 heavy (non-hydrogen) atoms. The third-order valence-electron chi connectivity index (χ3n) is 3.61. The van der Waals surface area contributed by atoms with Crippen LogP contribution in [0.4, 0.5) is 0 Å². The smallest absolute Gasteiger partial charge is 0.0649 e. The first-order chi connectivity index (χ1) is 6.83. The molecule has 0 heterocycles. The fourth-order valence-corrected chi connectivity index (χ4v) is 2.70. The van der Waals surface area contributed by atoms with Crippen LogP contribution < -0.4 is 0 Å². The summed E-state index contributed by atoms with van der Waals surface area (Å²) in [5.74, 6) is 1.02. The van der Waals surface area contributed by atoms with Gasteiger partial charge in [-0.3, -0.25) is 0 Å². The van der Waals surface area contributed by atoms with E-state index in [0.29, 0.717) is 11.8 Å². The van der Waals surface area contributed by atoms with Gasteiger partial charge in [0.05, 0.1) is 6.10 Å². The minimum absolute atomic E-state index is 0.269. The Morgan fingerprint density at radius 3 is 2.36 bits per heavy atom. The van der Waals surface area contributed by atoms with E-state index >= 15 is 0 Å². The van der Waals surface area contributed by atoms with E-state index in [1.807, 2.05) is 0 Å². The molecule has 0 bridgehead atoms. The van der Waals surface area contributed by atoms with Gasteiger partial charge in [-0.2, -0.15) is 0 Å². The van der Waals surface area contributed by atoms with E-state index in [1.54, 1.807) is 7.11 Å². The van der Waals surface area contributed by atoms with Gasteiger partial charge in [0.25, 0.3) is 0 Å². The minimum Gasteiger partial charge on any atom is -0.396 e. The highest BCUT2D eigenvalue weighted by Crippen LogP contribution is 2.31. The van der Waals surface area contributed by atoms with Crippen LogP contribution in [-0.4, -0.2) is 24.9 Å². The molecule has 0 aromatic carbocycles. The van der Waals surface area contributed by atoms with Crippen molar-refractivity contribution in [3.8, 4) is 0 Å². The van der Waals surface area contributed by atoms with E-state index in [2.05, 4.69) is 6.92 Å². The van der Waals surface area contributed by atoms with E-state index < -0.39 is 0 Å². The summed E-state index contributed by atoms with van der Waals surface area (Å²) < 4.78 is 5.57. The molecule has 1 fully saturated rings. The molecule has 2 heteroatoms. The van der Waals surface area contributed by atoms with Crippen molar-refractivity contribution in [3.05, 3.63) is 0 Å². The maximum absolute atomic E-state index is 9.28. The second kappa shape index (κ2) is 6.41. The molecule has 1 rings (SSSR count). The molecule has 0 amide bonds. The Kier molecular flexibility index (Phi) is 5.49. The highest BCUT2D eigenvalue weighted by Gasteiger charge is 2.28. The lowest BCUT2D eigenvalue weighted by Crippen LogP contribution is -2.34. The van der Waals surface area contributed by atoms with Crippen molar-refractivity contribution in [2.24, 2.45) is 11.8 Å². The van der Waals surface area contributed by atoms with Crippen LogP contribution in [0.3, 0.4) is 0 Å². The minimum atomic E-state index is 0.269. The average Bonchev–Trinajstić information content (AvgIpc) is 2.27. The van der Waals surface area contributed by atoms with Gasteiger partial charge in [-0.25, -0.2) is 0 Å². The van der Waals surface area contributed by atoms with Crippen LogP contribution >= 0.6 is 0 Å². The van der Waals surface area contributed by atoms with E-state index in [-0.39, 0.29) is 12.7 Å². The molecule has 84 valence electrons. The third kappa shape index (κ3) is 2.96. The van der Waals surface area contributed by atoms with Gasteiger partial charge in [-0.15, -0.1) is 0 Å². The Bertz CT molecular complexity index is 137. The molecule has 0 aromatic heterocycles. The lowest BCUT2D eigenvalue weighted by atomic mass is 9.80. The number of aliphatic hydroxyl groups is 1. The zero-order chi connectivity index (χ0) is 10.4. The lowest BCUT2D eigenvalue weighted by molar-refractivity contribution is -0.0255. The maximum Gasteiger partial charge on any atom is 0.0649 e. The topological polar surface area (TPSA) is 29.5 Å². The van der Waals surface area contributed by atoms with E-state index in [0.717, 1.165) is 6.42 Å². The molecule has 2 atom stereocenters. The summed E-state index contributed by atoms with van der Waals surface area (Å²) in [6.07, 6.45) is 7.93. The quantitative estimate of drug-likeness (QED) is 0.739. The van der Waals surface area contributed by atoms with Crippen LogP contribution in [0.25, 0.3) is 0 Å². The molecule has 0 radical (unpaired) electrons. The predicted molar refractivity (Wildman–Crippen MR) is 58.2 cm³/mol. The molecule has 1 saturated carbocycles. The van der Waals surface area contributed by atoms with Gasteiger partial charge in [0.2, 0.25) is 0 Å². The summed E-state index contributed by atoms with van der Waals surface area (Å²) in [7, 11) is 1.79. The summed E-state index contributed by atoms with van der Waals surface area (Å²) in [4.78, 5) is 0. The second-order valence-electron chi connectivity index (χ2n) is 4.45. The monoisotopic (exact) mass is 200 g/mol. The SMILES string of the molecule is CC[C@H](CO)[C@@H](OC)C1CCCCC1. The third-order valence-corrected chi connectivity index (χ3v) is 3.61. The first-order valence-corrected chi connectivity index (χ1v) is 5.97. The Morgan fingerprint density at radius 2 is 1.93 bits per heavy atom. The molecule has 0 aromatic rings. The Morgan fingerprint density at radius 1 is 1.29 bits per heavy atom. The molecule has 1 aliphatic rings. The van der Waals surface area contributed by atoms with Gasteiger partial charge < -0.3 is 9.84 Å². The van der Waals surface area contributed by atoms with Gasteiger partial charge in [0.1, 0.15) is 0 Å². The Labute approximate surface area is 87.7 Å². The van der Waals surface area contributed by atoms with Gasteiger partial charge in [0.15, 0.2) is 0 Å². The van der Waals surface area contributed by atoms with Crippen LogP contribution in [0.2, 0.25) is 0 Å². The number of aliphatic hydroxyl groups excluding tert-OH is 1. The average molecular weight is 200 g/mol. The molecule has 1 aliphatic carbocycles. The number of hydrogen-bond donors (Lipinski definition) is 1. The largest absolute Gasteiger partial charge is 0.396 e. The lowest BCUT2D eigenvalue weighted by Gasteiger charge is -2.33. The van der Waals surface area contributed by atoms with Crippen LogP contribution in [0.15, 0.2) is 0 Å². The standard InChI is InChI=1S/C12H24O2/c1-3-10(9-13)12(14-2)11-7-5-4-6-8-11/h10-13H,3-9H2,1-2H3/t10-,12-/m1/s1. The van der Waals surface area contributed by atoms with Crippen molar-refractivity contribution >= 4 is 0 Å². The van der Waals surface area contributed by atoms with E-state index in [1.165, 1.54) is 32.1 Å². The molecule has 1 N–H and O–H groups in total. The summed E-state index contributed by atoms with van der Waals surface area (Å²) in [5.41, 5.74) is 0. The Hall–Kier alpha value is -0.0800. The van der Waals surface area contributed by atoms with E-state index in [4.69, 9.17) is 4.74 Å². The zero-order valence-corrected chi connectivity index (χ0v) is 9.54. The van der Waals surface area contributed by atoms with E-state index in [9.17, 15) is 5.11 Å². The number of ether oxygens (including phenoxy) is 1. The van der Waals surface area contributed by atoms with Crippen molar-refractivity contribution in [3.63, 3.8) is 0 Å². The van der Waals surface area contributed by atoms with Crippen LogP contribution in [-0.2, 0) is 4.74 Å². The number of rotatable bonds is 5. The van der Waals surface area contributed by atoms with Gasteiger partial charge >= 0.3 is 0 Å². The molecule has 2 nitrogen and oxygen atoms in total. The number of hydrogen-bond acceptors (Lipinski definition) is 2. The molecular formula is C12H24O2. The van der Waals surface area contributed by atoms with Crippen LogP contribution in [0.5, 0.6) is 0 Å². The maximum atomic E-state index is 9.28. The van der Waals surface area contributed by atoms with Crippen molar-refractivity contribution < 1.29 is 9.84 Å². The Balaban J connectivity index is 2.49. The normalized spacial score (nSPS) is 23.4. The summed E-state index contributed by atoms with van der Waals surface area (Å²) in [6, 6.07) is 0. The second-order valence-corrected chi connectivity index (χ2v) is 4.45. The first kappa shape index (κ1) is 12.0. The van der Waals surface area contributed by atoms with Gasteiger partial charge in [-0.05, 0) is 25.2 Å². The summed E-state index contributed by atoms with van der Waals surface area (Å²) in [5, 5.41) is 9.28. The van der Waals surface area contributed by atoms with Crippen molar-refractivity contribution in [1.29, 1.82) is 0 Å². The van der Waals surface area contributed by atoms with Crippen molar-refractivity contribution in [2.75, 3.05) is 13.7 Å². The molecular weight excluding hydrogens is 176 g/mol. The number of methoxy groups -OCH3 is 1. The molecule has 0 aliphatic heterocycles. The fourth-order valence-electron chi connectivity index (χ4n) is 2.70. The summed E-state index contributed by atoms with van der Waals surface area (Å²) >= 11 is 0. The highest BCUT2D eigenvalue weighted by molar-refractivity contribution is 4.79. The van der Waals surface area contributed by atoms with Gasteiger partial charge in [0, 0.05) is 19.6 Å². The van der Waals surface area contributed by atoms with Crippen LogP contribution in [0.1, 0.15) is 45.4 Å². The van der Waals surface area contributed by atoms with Crippen molar-refractivity contribution in [1.82, 2.24) is 0 Å². The first-order valence-electron chi connectivity index (χ1n) is 5.97. The van der Waals surface area contributed by atoms with Gasteiger partial charge in [-0.1, -0.05) is 26.2 Å². The molecule has 0 unspecified atom stereocenters. The predicted octanol–water partition coefficient (Wildman–Crippen LogP) is 2.60. The van der Waals surface area contributed by atoms with Crippen LogP contribution in [0, 0.1) is 11.8 Å². The highest BCUT2D eigenvalue weighted by atomic mass is 16.5.